The van der Waals surface area contributed by atoms with Gasteiger partial charge in [0.1, 0.15) is 12.4 Å². The van der Waals surface area contributed by atoms with Crippen LogP contribution in [0.15, 0.2) is 28.5 Å². The maximum absolute atomic E-state index is 9.67. The fraction of sp³-hybridized carbons (Fsp3) is 0.429. The number of imidazole rings is 1. The van der Waals surface area contributed by atoms with Gasteiger partial charge in [0.2, 0.25) is 0 Å². The number of aromatic nitrogens is 4. The lowest BCUT2D eigenvalue weighted by Crippen LogP contribution is -2.24. The summed E-state index contributed by atoms with van der Waals surface area (Å²) < 4.78 is 2.09. The Morgan fingerprint density at radius 3 is 2.83 bits per heavy atom. The smallest absolute Gasteiger partial charge is 0.175 e. The molecule has 1 aromatic carbocycles. The minimum absolute atomic E-state index is 0.380. The van der Waals surface area contributed by atoms with Gasteiger partial charge in [0, 0.05) is 17.5 Å². The van der Waals surface area contributed by atoms with Crippen molar-refractivity contribution in [1.82, 2.24) is 24.8 Å². The molecule has 0 aliphatic heterocycles. The molecular weight excluding hydrogens is 382 g/mol. The van der Waals surface area contributed by atoms with Gasteiger partial charge in [-0.05, 0) is 55.5 Å². The van der Waals surface area contributed by atoms with Gasteiger partial charge in [-0.2, -0.15) is 5.26 Å². The lowest BCUT2D eigenvalue weighted by atomic mass is 10.1. The standard InChI is InChI=1S/C21H25N7S/c1-13(2)24-7-4-8-28-20-18(19(23)25-12-26-20)27-21(28)29-17-10-15-6-3-5-14(15)9-16(17)11-22/h9-10,12-13,24H,3-8H2,1-2H3,(H2,23,25,26). The molecule has 8 heteroatoms. The zero-order valence-electron chi connectivity index (χ0n) is 16.8. The zero-order valence-corrected chi connectivity index (χ0v) is 17.6. The lowest BCUT2D eigenvalue weighted by Gasteiger charge is -2.12. The van der Waals surface area contributed by atoms with E-state index in [4.69, 9.17) is 10.7 Å². The van der Waals surface area contributed by atoms with Crippen LogP contribution < -0.4 is 11.1 Å². The monoisotopic (exact) mass is 407 g/mol. The first-order valence-electron chi connectivity index (χ1n) is 10.0. The quantitative estimate of drug-likeness (QED) is 0.579. The van der Waals surface area contributed by atoms with Crippen LogP contribution in [-0.4, -0.2) is 32.1 Å². The maximum atomic E-state index is 9.67. The molecule has 2 aromatic heterocycles. The highest BCUT2D eigenvalue weighted by atomic mass is 32.2. The van der Waals surface area contributed by atoms with Crippen LogP contribution >= 0.6 is 11.8 Å². The zero-order chi connectivity index (χ0) is 20.4. The number of hydrogen-bond donors (Lipinski definition) is 2. The Morgan fingerprint density at radius 1 is 1.28 bits per heavy atom. The van der Waals surface area contributed by atoms with E-state index in [2.05, 4.69) is 45.8 Å². The summed E-state index contributed by atoms with van der Waals surface area (Å²) in [5.41, 5.74) is 10.8. The van der Waals surface area contributed by atoms with E-state index in [0.29, 0.717) is 22.9 Å². The van der Waals surface area contributed by atoms with Gasteiger partial charge in [-0.25, -0.2) is 15.0 Å². The van der Waals surface area contributed by atoms with Crippen LogP contribution in [0.4, 0.5) is 5.82 Å². The first kappa shape index (κ1) is 19.7. The number of nitrogen functional groups attached to an aromatic ring is 1. The molecule has 0 radical (unpaired) electrons. The number of aryl methyl sites for hydroxylation is 3. The van der Waals surface area contributed by atoms with Crippen molar-refractivity contribution < 1.29 is 0 Å². The molecule has 29 heavy (non-hydrogen) atoms. The fourth-order valence-electron chi connectivity index (χ4n) is 3.71. The molecule has 0 spiro atoms. The molecule has 7 nitrogen and oxygen atoms in total. The number of fused-ring (bicyclic) bond motifs is 2. The molecule has 0 saturated carbocycles. The third-order valence-corrected chi connectivity index (χ3v) is 6.20. The number of nitriles is 1. The SMILES string of the molecule is CC(C)NCCCn1c(Sc2cc3c(cc2C#N)CCC3)nc2c(N)ncnc21. The van der Waals surface area contributed by atoms with E-state index in [1.807, 2.05) is 6.07 Å². The van der Waals surface area contributed by atoms with Crippen LogP contribution in [-0.2, 0) is 19.4 Å². The van der Waals surface area contributed by atoms with Crippen molar-refractivity contribution in [2.45, 2.75) is 62.2 Å². The molecule has 0 atom stereocenters. The second-order valence-corrected chi connectivity index (χ2v) is 8.63. The second-order valence-electron chi connectivity index (χ2n) is 7.62. The summed E-state index contributed by atoms with van der Waals surface area (Å²) in [5, 5.41) is 13.9. The van der Waals surface area contributed by atoms with Gasteiger partial charge < -0.3 is 15.6 Å². The average molecular weight is 408 g/mol. The van der Waals surface area contributed by atoms with Gasteiger partial charge in [0.05, 0.1) is 5.56 Å². The van der Waals surface area contributed by atoms with Crippen LogP contribution in [0.3, 0.4) is 0 Å². The first-order chi connectivity index (χ1) is 14.1. The normalized spacial score (nSPS) is 13.2. The summed E-state index contributed by atoms with van der Waals surface area (Å²) >= 11 is 1.52. The summed E-state index contributed by atoms with van der Waals surface area (Å²) in [6.07, 6.45) is 5.71. The van der Waals surface area contributed by atoms with E-state index in [0.717, 1.165) is 54.5 Å². The lowest BCUT2D eigenvalue weighted by molar-refractivity contribution is 0.525. The molecule has 4 rings (SSSR count). The highest BCUT2D eigenvalue weighted by molar-refractivity contribution is 7.99. The molecular formula is C21H25N7S. The summed E-state index contributed by atoms with van der Waals surface area (Å²) in [6, 6.07) is 7.00. The first-order valence-corrected chi connectivity index (χ1v) is 10.8. The molecule has 0 bridgehead atoms. The number of nitrogens with zero attached hydrogens (tertiary/aromatic N) is 5. The Hall–Kier alpha value is -2.63. The fourth-order valence-corrected chi connectivity index (χ4v) is 4.75. The van der Waals surface area contributed by atoms with Gasteiger partial charge in [0.25, 0.3) is 0 Å². The van der Waals surface area contributed by atoms with Gasteiger partial charge in [0.15, 0.2) is 22.1 Å². The van der Waals surface area contributed by atoms with Gasteiger partial charge in [-0.15, -0.1) is 0 Å². The Labute approximate surface area is 174 Å². The van der Waals surface area contributed by atoms with Crippen LogP contribution in [0.1, 0.15) is 43.4 Å². The van der Waals surface area contributed by atoms with Crippen molar-refractivity contribution in [2.24, 2.45) is 0 Å². The Morgan fingerprint density at radius 2 is 2.07 bits per heavy atom. The molecule has 0 amide bonds. The van der Waals surface area contributed by atoms with E-state index in [9.17, 15) is 5.26 Å². The van der Waals surface area contributed by atoms with E-state index in [1.165, 1.54) is 29.2 Å². The second kappa shape index (κ2) is 8.39. The van der Waals surface area contributed by atoms with Crippen molar-refractivity contribution in [3.63, 3.8) is 0 Å². The number of nitrogens with two attached hydrogens (primary N) is 1. The van der Waals surface area contributed by atoms with Crippen LogP contribution in [0.5, 0.6) is 0 Å². The number of rotatable bonds is 7. The molecule has 3 N–H and O–H groups in total. The largest absolute Gasteiger partial charge is 0.382 e. The van der Waals surface area contributed by atoms with Gasteiger partial charge in [-0.1, -0.05) is 25.6 Å². The molecule has 3 aromatic rings. The molecule has 1 aliphatic rings. The Bertz CT molecular complexity index is 1080. The molecule has 0 saturated heterocycles. The van der Waals surface area contributed by atoms with Gasteiger partial charge >= 0.3 is 0 Å². The van der Waals surface area contributed by atoms with E-state index < -0.39 is 0 Å². The number of benzene rings is 1. The predicted octanol–water partition coefficient (Wildman–Crippen LogP) is 3.31. The summed E-state index contributed by atoms with van der Waals surface area (Å²) in [7, 11) is 0. The summed E-state index contributed by atoms with van der Waals surface area (Å²) in [5.74, 6) is 0.380. The molecule has 0 unspecified atom stereocenters. The van der Waals surface area contributed by atoms with Crippen molar-refractivity contribution >= 4 is 28.7 Å². The maximum Gasteiger partial charge on any atom is 0.175 e. The van der Waals surface area contributed by atoms with Crippen LogP contribution in [0.25, 0.3) is 11.2 Å². The third kappa shape index (κ3) is 4.07. The highest BCUT2D eigenvalue weighted by Crippen LogP contribution is 2.36. The van der Waals surface area contributed by atoms with Crippen molar-refractivity contribution in [1.29, 1.82) is 5.26 Å². The molecule has 150 valence electrons. The highest BCUT2D eigenvalue weighted by Gasteiger charge is 2.20. The van der Waals surface area contributed by atoms with Crippen LogP contribution in [0.2, 0.25) is 0 Å². The number of anilines is 1. The predicted molar refractivity (Wildman–Crippen MR) is 115 cm³/mol. The third-order valence-electron chi connectivity index (χ3n) is 5.15. The van der Waals surface area contributed by atoms with Crippen molar-refractivity contribution in [2.75, 3.05) is 12.3 Å². The van der Waals surface area contributed by atoms with Crippen LogP contribution in [0, 0.1) is 11.3 Å². The molecule has 0 fully saturated rings. The Balaban J connectivity index is 1.69. The van der Waals surface area contributed by atoms with E-state index >= 15 is 0 Å². The summed E-state index contributed by atoms with van der Waals surface area (Å²) in [4.78, 5) is 14.2. The minimum atomic E-state index is 0.380. The average Bonchev–Trinajstić information content (AvgIpc) is 3.29. The molecule has 1 aliphatic carbocycles. The van der Waals surface area contributed by atoms with E-state index in [-0.39, 0.29) is 0 Å². The molecule has 2 heterocycles. The summed E-state index contributed by atoms with van der Waals surface area (Å²) in [6.45, 7) is 5.95. The van der Waals surface area contributed by atoms with Gasteiger partial charge in [-0.3, -0.25) is 0 Å². The minimum Gasteiger partial charge on any atom is -0.382 e. The van der Waals surface area contributed by atoms with Crippen molar-refractivity contribution in [3.05, 3.63) is 35.2 Å². The number of hydrogen-bond acceptors (Lipinski definition) is 7. The van der Waals surface area contributed by atoms with Crippen molar-refractivity contribution in [3.8, 4) is 6.07 Å². The number of nitrogens with one attached hydrogen (secondary N) is 1. The Kier molecular flexibility index (Phi) is 5.69. The topological polar surface area (TPSA) is 105 Å². The van der Waals surface area contributed by atoms with E-state index in [1.54, 1.807) is 0 Å².